The molecular weight excluding hydrogens is 417 g/mol. The number of benzene rings is 1. The molecule has 2 aromatic heterocycles. The first-order valence-electron chi connectivity index (χ1n) is 9.60. The quantitative estimate of drug-likeness (QED) is 0.623. The van der Waals surface area contributed by atoms with Crippen LogP contribution in [-0.2, 0) is 4.79 Å². The van der Waals surface area contributed by atoms with E-state index in [-0.39, 0.29) is 24.1 Å². The van der Waals surface area contributed by atoms with Crippen molar-refractivity contribution >= 4 is 11.6 Å². The number of halogens is 3. The minimum atomic E-state index is -4.75. The Morgan fingerprint density at radius 2 is 1.90 bits per heavy atom. The third kappa shape index (κ3) is 5.63. The molecule has 3 heterocycles. The summed E-state index contributed by atoms with van der Waals surface area (Å²) in [6.07, 6.45) is -0.144. The van der Waals surface area contributed by atoms with Crippen LogP contribution in [0.15, 0.2) is 51.7 Å². The molecule has 1 aromatic carbocycles. The van der Waals surface area contributed by atoms with Gasteiger partial charge in [0.15, 0.2) is 0 Å². The zero-order valence-corrected chi connectivity index (χ0v) is 16.3. The molecule has 0 spiro atoms. The molecule has 4 rings (SSSR count). The van der Waals surface area contributed by atoms with Gasteiger partial charge in [0.25, 0.3) is 5.89 Å². The fourth-order valence-electron chi connectivity index (χ4n) is 3.38. The maximum Gasteiger partial charge on any atom is 0.573 e. The fourth-order valence-corrected chi connectivity index (χ4v) is 3.38. The van der Waals surface area contributed by atoms with E-state index in [0.717, 1.165) is 30.5 Å². The lowest BCUT2D eigenvalue weighted by atomic mass is 9.97. The van der Waals surface area contributed by atoms with Gasteiger partial charge in [-0.05, 0) is 56.3 Å². The molecule has 1 aliphatic rings. The number of carbonyl (C=O) groups is 1. The maximum atomic E-state index is 12.3. The van der Waals surface area contributed by atoms with Crippen LogP contribution in [0.5, 0.6) is 5.75 Å². The van der Waals surface area contributed by atoms with Gasteiger partial charge in [-0.2, -0.15) is 0 Å². The van der Waals surface area contributed by atoms with Crippen LogP contribution in [0.3, 0.4) is 0 Å². The molecule has 164 valence electrons. The van der Waals surface area contributed by atoms with Gasteiger partial charge < -0.3 is 18.9 Å². The minimum Gasteiger partial charge on any atom is -0.472 e. The number of furan rings is 1. The van der Waals surface area contributed by atoms with Crippen LogP contribution >= 0.6 is 0 Å². The molecule has 3 aromatic rings. The molecule has 8 nitrogen and oxygen atoms in total. The second-order valence-electron chi connectivity index (χ2n) is 7.13. The van der Waals surface area contributed by atoms with Gasteiger partial charge >= 0.3 is 6.36 Å². The number of nitrogens with one attached hydrogen (secondary N) is 1. The second kappa shape index (κ2) is 8.80. The lowest BCUT2D eigenvalue weighted by molar-refractivity contribution is -0.274. The summed E-state index contributed by atoms with van der Waals surface area (Å²) in [5.74, 6) is 0.514. The van der Waals surface area contributed by atoms with E-state index in [1.54, 1.807) is 6.07 Å². The molecule has 0 saturated carbocycles. The van der Waals surface area contributed by atoms with Crippen LogP contribution in [-0.4, -0.2) is 47.0 Å². The van der Waals surface area contributed by atoms with Gasteiger partial charge in [0.1, 0.15) is 12.0 Å². The Hall–Kier alpha value is -3.34. The summed E-state index contributed by atoms with van der Waals surface area (Å²) in [4.78, 5) is 14.3. The summed E-state index contributed by atoms with van der Waals surface area (Å²) in [7, 11) is 0. The molecule has 1 amide bonds. The summed E-state index contributed by atoms with van der Waals surface area (Å²) >= 11 is 0. The van der Waals surface area contributed by atoms with Gasteiger partial charge in [0, 0.05) is 11.6 Å². The lowest BCUT2D eigenvalue weighted by Crippen LogP contribution is -2.38. The van der Waals surface area contributed by atoms with Crippen molar-refractivity contribution in [1.82, 2.24) is 15.1 Å². The van der Waals surface area contributed by atoms with Gasteiger partial charge in [-0.15, -0.1) is 23.4 Å². The first-order valence-corrected chi connectivity index (χ1v) is 9.60. The highest BCUT2D eigenvalue weighted by Gasteiger charge is 2.31. The van der Waals surface area contributed by atoms with Crippen molar-refractivity contribution in [3.8, 4) is 17.2 Å². The van der Waals surface area contributed by atoms with E-state index >= 15 is 0 Å². The van der Waals surface area contributed by atoms with Crippen LogP contribution < -0.4 is 10.1 Å². The zero-order valence-electron chi connectivity index (χ0n) is 16.3. The third-order valence-corrected chi connectivity index (χ3v) is 4.88. The van der Waals surface area contributed by atoms with E-state index in [4.69, 9.17) is 8.83 Å². The van der Waals surface area contributed by atoms with Crippen molar-refractivity contribution in [3.05, 3.63) is 48.7 Å². The fraction of sp³-hybridized carbons (Fsp3) is 0.350. The van der Waals surface area contributed by atoms with Gasteiger partial charge in [-0.1, -0.05) is 0 Å². The highest BCUT2D eigenvalue weighted by Crippen LogP contribution is 2.29. The van der Waals surface area contributed by atoms with Crippen LogP contribution in [0.25, 0.3) is 11.5 Å². The Morgan fingerprint density at radius 3 is 2.55 bits per heavy atom. The zero-order chi connectivity index (χ0) is 21.8. The first-order chi connectivity index (χ1) is 14.9. The third-order valence-electron chi connectivity index (χ3n) is 4.88. The molecule has 11 heteroatoms. The molecule has 0 atom stereocenters. The predicted molar refractivity (Wildman–Crippen MR) is 102 cm³/mol. The maximum absolute atomic E-state index is 12.3. The van der Waals surface area contributed by atoms with Crippen LogP contribution in [0.4, 0.5) is 18.9 Å². The van der Waals surface area contributed by atoms with E-state index in [0.29, 0.717) is 30.6 Å². The first kappa shape index (κ1) is 20.9. The Labute approximate surface area is 175 Å². The van der Waals surface area contributed by atoms with E-state index < -0.39 is 6.36 Å². The van der Waals surface area contributed by atoms with Gasteiger partial charge in [0.2, 0.25) is 11.8 Å². The Kier molecular flexibility index (Phi) is 5.94. The summed E-state index contributed by atoms with van der Waals surface area (Å²) < 4.78 is 51.2. The Bertz CT molecular complexity index is 994. The summed E-state index contributed by atoms with van der Waals surface area (Å²) in [5, 5.41) is 10.9. The monoisotopic (exact) mass is 436 g/mol. The molecule has 31 heavy (non-hydrogen) atoms. The number of alkyl halides is 3. The van der Waals surface area contributed by atoms with E-state index in [1.165, 1.54) is 24.7 Å². The number of amides is 1. The number of likely N-dealkylation sites (tertiary alicyclic amines) is 1. The van der Waals surface area contributed by atoms with Gasteiger partial charge in [-0.25, -0.2) is 0 Å². The van der Waals surface area contributed by atoms with E-state index in [2.05, 4.69) is 20.3 Å². The lowest BCUT2D eigenvalue weighted by Gasteiger charge is -2.29. The molecule has 0 bridgehead atoms. The standard InChI is InChI=1S/C20H19F3N4O4/c21-20(22,23)31-16-3-1-15(2-4-16)24-17(28)11-27-8-5-13(6-9-27)18-25-26-19(30-18)14-7-10-29-12-14/h1-4,7,10,12-13H,5-6,8-9,11H2,(H,24,28). The van der Waals surface area contributed by atoms with E-state index in [9.17, 15) is 18.0 Å². The van der Waals surface area contributed by atoms with Crippen molar-refractivity contribution in [1.29, 1.82) is 0 Å². The average Bonchev–Trinajstić information content (AvgIpc) is 3.41. The number of piperidine rings is 1. The van der Waals surface area contributed by atoms with Crippen molar-refractivity contribution in [3.63, 3.8) is 0 Å². The Balaban J connectivity index is 1.24. The molecule has 0 aliphatic carbocycles. The molecule has 1 saturated heterocycles. The number of ether oxygens (including phenoxy) is 1. The SMILES string of the molecule is O=C(CN1CCC(c2nnc(-c3ccoc3)o2)CC1)Nc1ccc(OC(F)(F)F)cc1. The largest absolute Gasteiger partial charge is 0.573 e. The predicted octanol–water partition coefficient (Wildman–Crippen LogP) is 4.05. The molecule has 0 unspecified atom stereocenters. The number of hydrogen-bond donors (Lipinski definition) is 1. The number of carbonyl (C=O) groups excluding carboxylic acids is 1. The van der Waals surface area contributed by atoms with Crippen molar-refractivity contribution in [2.75, 3.05) is 25.0 Å². The highest BCUT2D eigenvalue weighted by atomic mass is 19.4. The normalized spacial score (nSPS) is 15.7. The number of aromatic nitrogens is 2. The van der Waals surface area contributed by atoms with E-state index in [1.807, 2.05) is 4.90 Å². The molecule has 1 N–H and O–H groups in total. The van der Waals surface area contributed by atoms with Crippen LogP contribution in [0.1, 0.15) is 24.7 Å². The number of nitrogens with zero attached hydrogens (tertiary/aromatic N) is 3. The minimum absolute atomic E-state index is 0.119. The smallest absolute Gasteiger partial charge is 0.472 e. The number of rotatable bonds is 6. The number of hydrogen-bond acceptors (Lipinski definition) is 7. The molecule has 0 radical (unpaired) electrons. The molecular formula is C20H19F3N4O4. The molecule has 1 aliphatic heterocycles. The molecule has 1 fully saturated rings. The summed E-state index contributed by atoms with van der Waals surface area (Å²) in [6, 6.07) is 6.76. The summed E-state index contributed by atoms with van der Waals surface area (Å²) in [5.41, 5.74) is 1.12. The van der Waals surface area contributed by atoms with Crippen LogP contribution in [0.2, 0.25) is 0 Å². The van der Waals surface area contributed by atoms with Crippen molar-refractivity contribution in [2.45, 2.75) is 25.1 Å². The summed E-state index contributed by atoms with van der Waals surface area (Å²) in [6.45, 7) is 1.54. The topological polar surface area (TPSA) is 93.6 Å². The van der Waals surface area contributed by atoms with Crippen molar-refractivity contribution < 1.29 is 31.5 Å². The highest BCUT2D eigenvalue weighted by molar-refractivity contribution is 5.92. The number of anilines is 1. The average molecular weight is 436 g/mol. The van der Waals surface area contributed by atoms with Crippen LogP contribution in [0, 0.1) is 0 Å². The van der Waals surface area contributed by atoms with Gasteiger partial charge in [0.05, 0.1) is 18.4 Å². The van der Waals surface area contributed by atoms with Gasteiger partial charge in [-0.3, -0.25) is 9.69 Å². The van der Waals surface area contributed by atoms with Crippen molar-refractivity contribution in [2.24, 2.45) is 0 Å². The second-order valence-corrected chi connectivity index (χ2v) is 7.13. The Morgan fingerprint density at radius 1 is 1.16 bits per heavy atom.